The lowest BCUT2D eigenvalue weighted by Crippen LogP contribution is -2.32. The summed E-state index contributed by atoms with van der Waals surface area (Å²) < 4.78 is 0. The van der Waals surface area contributed by atoms with Crippen LogP contribution in [0.15, 0.2) is 48.5 Å². The normalized spacial score (nSPS) is 10.4. The van der Waals surface area contributed by atoms with E-state index in [-0.39, 0.29) is 11.8 Å². The zero-order chi connectivity index (χ0) is 18.9. The van der Waals surface area contributed by atoms with Crippen LogP contribution in [-0.2, 0) is 6.42 Å². The van der Waals surface area contributed by atoms with E-state index in [2.05, 4.69) is 26.1 Å². The van der Waals surface area contributed by atoms with E-state index in [4.69, 9.17) is 0 Å². The highest BCUT2D eigenvalue weighted by atomic mass is 16.2. The molecular formula is C22H28N2O2. The lowest BCUT2D eigenvalue weighted by molar-refractivity contribution is 0.0755. The molecule has 0 unspecified atom stereocenters. The first-order valence-electron chi connectivity index (χ1n) is 9.39. The van der Waals surface area contributed by atoms with Gasteiger partial charge in [-0.1, -0.05) is 45.0 Å². The van der Waals surface area contributed by atoms with Crippen molar-refractivity contribution < 1.29 is 9.59 Å². The predicted molar refractivity (Wildman–Crippen MR) is 107 cm³/mol. The molecule has 2 amide bonds. The molecular weight excluding hydrogens is 324 g/mol. The third-order valence-electron chi connectivity index (χ3n) is 4.29. The zero-order valence-electron chi connectivity index (χ0n) is 15.9. The largest absolute Gasteiger partial charge is 0.339 e. The van der Waals surface area contributed by atoms with E-state index in [0.29, 0.717) is 11.1 Å². The van der Waals surface area contributed by atoms with Crippen LogP contribution >= 0.6 is 0 Å². The van der Waals surface area contributed by atoms with Crippen molar-refractivity contribution in [1.29, 1.82) is 0 Å². The van der Waals surface area contributed by atoms with Gasteiger partial charge in [-0.05, 0) is 49.1 Å². The maximum Gasteiger partial charge on any atom is 0.255 e. The standard InChI is InChI=1S/C22H28N2O2/c1-4-14-24(15-5-2)22(26)19-12-9-11-18(16-19)21(25)23-20-13-8-7-10-17(20)6-3/h7-13,16H,4-6,14-15H2,1-3H3,(H,23,25). The Bertz CT molecular complexity index is 749. The summed E-state index contributed by atoms with van der Waals surface area (Å²) in [7, 11) is 0. The maximum absolute atomic E-state index is 12.8. The number of amides is 2. The molecule has 4 heteroatoms. The molecule has 2 aromatic carbocycles. The van der Waals surface area contributed by atoms with Gasteiger partial charge < -0.3 is 10.2 Å². The van der Waals surface area contributed by atoms with Crippen molar-refractivity contribution in [2.45, 2.75) is 40.0 Å². The van der Waals surface area contributed by atoms with E-state index >= 15 is 0 Å². The fourth-order valence-electron chi connectivity index (χ4n) is 2.98. The molecule has 26 heavy (non-hydrogen) atoms. The van der Waals surface area contributed by atoms with Crippen LogP contribution in [0.25, 0.3) is 0 Å². The van der Waals surface area contributed by atoms with Crippen LogP contribution in [0, 0.1) is 0 Å². The van der Waals surface area contributed by atoms with Gasteiger partial charge in [0.15, 0.2) is 0 Å². The molecule has 0 radical (unpaired) electrons. The molecule has 0 heterocycles. The second-order valence-corrected chi connectivity index (χ2v) is 6.34. The van der Waals surface area contributed by atoms with Gasteiger partial charge in [0.25, 0.3) is 11.8 Å². The first-order valence-corrected chi connectivity index (χ1v) is 9.39. The number of hydrogen-bond donors (Lipinski definition) is 1. The Hall–Kier alpha value is -2.62. The van der Waals surface area contributed by atoms with Crippen LogP contribution in [0.3, 0.4) is 0 Å². The molecule has 2 rings (SSSR count). The summed E-state index contributed by atoms with van der Waals surface area (Å²) in [4.78, 5) is 27.2. The third kappa shape index (κ3) is 4.94. The van der Waals surface area contributed by atoms with Gasteiger partial charge in [0.2, 0.25) is 0 Å². The van der Waals surface area contributed by atoms with Crippen LogP contribution in [0.2, 0.25) is 0 Å². The number of aryl methyl sites for hydroxylation is 1. The number of carbonyl (C=O) groups is 2. The molecule has 138 valence electrons. The third-order valence-corrected chi connectivity index (χ3v) is 4.29. The number of carbonyl (C=O) groups excluding carboxylic acids is 2. The molecule has 4 nitrogen and oxygen atoms in total. The summed E-state index contributed by atoms with van der Waals surface area (Å²) in [5.74, 6) is -0.213. The summed E-state index contributed by atoms with van der Waals surface area (Å²) in [6.45, 7) is 7.64. The molecule has 0 atom stereocenters. The Morgan fingerprint density at radius 1 is 0.885 bits per heavy atom. The molecule has 2 aromatic rings. The Kier molecular flexibility index (Phi) is 7.39. The van der Waals surface area contributed by atoms with E-state index < -0.39 is 0 Å². The highest BCUT2D eigenvalue weighted by Gasteiger charge is 2.16. The second-order valence-electron chi connectivity index (χ2n) is 6.34. The molecule has 0 aliphatic carbocycles. The Morgan fingerprint density at radius 2 is 1.54 bits per heavy atom. The number of para-hydroxylation sites is 1. The fraction of sp³-hybridized carbons (Fsp3) is 0.364. The molecule has 0 bridgehead atoms. The van der Waals surface area contributed by atoms with E-state index in [9.17, 15) is 9.59 Å². The van der Waals surface area contributed by atoms with Gasteiger partial charge in [-0.2, -0.15) is 0 Å². The van der Waals surface area contributed by atoms with E-state index in [0.717, 1.165) is 43.6 Å². The van der Waals surface area contributed by atoms with Crippen molar-refractivity contribution in [3.63, 3.8) is 0 Å². The highest BCUT2D eigenvalue weighted by Crippen LogP contribution is 2.17. The van der Waals surface area contributed by atoms with E-state index in [1.807, 2.05) is 29.2 Å². The first kappa shape index (κ1) is 19.7. The Labute approximate surface area is 156 Å². The van der Waals surface area contributed by atoms with E-state index in [1.165, 1.54) is 0 Å². The lowest BCUT2D eigenvalue weighted by atomic mass is 10.1. The van der Waals surface area contributed by atoms with Crippen molar-refractivity contribution in [1.82, 2.24) is 4.90 Å². The lowest BCUT2D eigenvalue weighted by Gasteiger charge is -2.21. The van der Waals surface area contributed by atoms with Gasteiger partial charge in [-0.15, -0.1) is 0 Å². The average Bonchev–Trinajstić information content (AvgIpc) is 2.67. The molecule has 0 aromatic heterocycles. The number of rotatable bonds is 8. The van der Waals surface area contributed by atoms with Crippen molar-refractivity contribution >= 4 is 17.5 Å². The minimum absolute atomic E-state index is 0.0164. The van der Waals surface area contributed by atoms with Gasteiger partial charge >= 0.3 is 0 Å². The molecule has 0 aliphatic rings. The van der Waals surface area contributed by atoms with E-state index in [1.54, 1.807) is 24.3 Å². The van der Waals surface area contributed by atoms with Crippen LogP contribution < -0.4 is 5.32 Å². The summed E-state index contributed by atoms with van der Waals surface area (Å²) in [6.07, 6.45) is 2.68. The van der Waals surface area contributed by atoms with Crippen molar-refractivity contribution in [2.24, 2.45) is 0 Å². The second kappa shape index (κ2) is 9.76. The summed E-state index contributed by atoms with van der Waals surface area (Å²) >= 11 is 0. The maximum atomic E-state index is 12.8. The topological polar surface area (TPSA) is 49.4 Å². The SMILES string of the molecule is CCCN(CCC)C(=O)c1cccc(C(=O)Nc2ccccc2CC)c1. The molecule has 0 saturated carbocycles. The molecule has 0 aliphatic heterocycles. The van der Waals surface area contributed by atoms with Gasteiger partial charge in [0.1, 0.15) is 0 Å². The number of anilines is 1. The van der Waals surface area contributed by atoms with Crippen LogP contribution in [0.5, 0.6) is 0 Å². The predicted octanol–water partition coefficient (Wildman–Crippen LogP) is 4.76. The number of benzene rings is 2. The van der Waals surface area contributed by atoms with Crippen molar-refractivity contribution in [3.05, 3.63) is 65.2 Å². The molecule has 0 spiro atoms. The quantitative estimate of drug-likeness (QED) is 0.744. The van der Waals surface area contributed by atoms with Gasteiger partial charge in [0, 0.05) is 29.9 Å². The zero-order valence-corrected chi connectivity index (χ0v) is 15.9. The first-order chi connectivity index (χ1) is 12.6. The van der Waals surface area contributed by atoms with Crippen molar-refractivity contribution in [2.75, 3.05) is 18.4 Å². The highest BCUT2D eigenvalue weighted by molar-refractivity contribution is 6.06. The summed E-state index contributed by atoms with van der Waals surface area (Å²) in [5.41, 5.74) is 2.96. The smallest absolute Gasteiger partial charge is 0.255 e. The van der Waals surface area contributed by atoms with Crippen molar-refractivity contribution in [3.8, 4) is 0 Å². The van der Waals surface area contributed by atoms with Crippen LogP contribution in [-0.4, -0.2) is 29.8 Å². The fourth-order valence-corrected chi connectivity index (χ4v) is 2.98. The number of hydrogen-bond acceptors (Lipinski definition) is 2. The molecule has 0 fully saturated rings. The van der Waals surface area contributed by atoms with Gasteiger partial charge in [-0.3, -0.25) is 9.59 Å². The number of nitrogens with zero attached hydrogens (tertiary/aromatic N) is 1. The Morgan fingerprint density at radius 3 is 2.19 bits per heavy atom. The number of nitrogens with one attached hydrogen (secondary N) is 1. The van der Waals surface area contributed by atoms with Crippen LogP contribution in [0.4, 0.5) is 5.69 Å². The monoisotopic (exact) mass is 352 g/mol. The summed E-state index contributed by atoms with van der Waals surface area (Å²) in [5, 5.41) is 2.96. The minimum Gasteiger partial charge on any atom is -0.339 e. The molecule has 1 N–H and O–H groups in total. The van der Waals surface area contributed by atoms with Gasteiger partial charge in [0.05, 0.1) is 0 Å². The van der Waals surface area contributed by atoms with Gasteiger partial charge in [-0.25, -0.2) is 0 Å². The average molecular weight is 352 g/mol. The molecule has 0 saturated heterocycles. The Balaban J connectivity index is 2.19. The minimum atomic E-state index is -0.196. The van der Waals surface area contributed by atoms with Crippen LogP contribution in [0.1, 0.15) is 59.9 Å². The summed E-state index contributed by atoms with van der Waals surface area (Å²) in [6, 6.07) is 14.7.